The van der Waals surface area contributed by atoms with Gasteiger partial charge in [-0.1, -0.05) is 13.8 Å². The molecule has 0 aliphatic heterocycles. The molecule has 88 valence electrons. The molecule has 15 heavy (non-hydrogen) atoms. The van der Waals surface area contributed by atoms with Crippen molar-refractivity contribution in [2.75, 3.05) is 13.2 Å². The molecule has 0 aromatic rings. The van der Waals surface area contributed by atoms with Crippen molar-refractivity contribution < 1.29 is 24.9 Å². The molecule has 1 amide bonds. The topological polar surface area (TPSA) is 107 Å². The maximum Gasteiger partial charge on any atom is 0.307 e. The van der Waals surface area contributed by atoms with Gasteiger partial charge in [-0.15, -0.1) is 0 Å². The molecule has 0 aliphatic rings. The van der Waals surface area contributed by atoms with Crippen LogP contribution in [0.15, 0.2) is 0 Å². The van der Waals surface area contributed by atoms with Crippen LogP contribution < -0.4 is 5.32 Å². The number of carboxylic acid groups (broad SMARTS) is 1. The number of aliphatic hydroxyl groups excluding tert-OH is 2. The minimum atomic E-state index is -1.04. The van der Waals surface area contributed by atoms with Crippen molar-refractivity contribution in [3.05, 3.63) is 0 Å². The van der Waals surface area contributed by atoms with Gasteiger partial charge >= 0.3 is 5.97 Å². The number of hydrogen-bond acceptors (Lipinski definition) is 4. The summed E-state index contributed by atoms with van der Waals surface area (Å²) >= 11 is 0. The zero-order valence-electron chi connectivity index (χ0n) is 8.80. The predicted molar refractivity (Wildman–Crippen MR) is 52.1 cm³/mol. The summed E-state index contributed by atoms with van der Waals surface area (Å²) < 4.78 is 0. The van der Waals surface area contributed by atoms with Crippen LogP contribution in [0.2, 0.25) is 0 Å². The normalized spacial score (nSPS) is 16.5. The van der Waals surface area contributed by atoms with Gasteiger partial charge in [0.05, 0.1) is 18.6 Å². The van der Waals surface area contributed by atoms with Gasteiger partial charge in [0.15, 0.2) is 0 Å². The quantitative estimate of drug-likeness (QED) is 0.449. The number of carbonyl (C=O) groups excluding carboxylic acids is 1. The second kappa shape index (κ2) is 6.36. The fourth-order valence-corrected chi connectivity index (χ4v) is 0.885. The van der Waals surface area contributed by atoms with Crippen molar-refractivity contribution in [2.24, 2.45) is 11.8 Å². The molecule has 3 unspecified atom stereocenters. The van der Waals surface area contributed by atoms with E-state index in [2.05, 4.69) is 5.32 Å². The Bertz CT molecular complexity index is 231. The Morgan fingerprint density at radius 1 is 1.27 bits per heavy atom. The average Bonchev–Trinajstić information content (AvgIpc) is 2.22. The lowest BCUT2D eigenvalue weighted by Gasteiger charge is -2.16. The van der Waals surface area contributed by atoms with Gasteiger partial charge in [-0.2, -0.15) is 0 Å². The molecular formula is C9H17NO5. The lowest BCUT2D eigenvalue weighted by molar-refractivity contribution is -0.146. The van der Waals surface area contributed by atoms with Gasteiger partial charge in [0.25, 0.3) is 0 Å². The maximum atomic E-state index is 11.3. The number of carboxylic acids is 1. The van der Waals surface area contributed by atoms with E-state index in [1.165, 1.54) is 13.8 Å². The van der Waals surface area contributed by atoms with Gasteiger partial charge < -0.3 is 20.6 Å². The molecule has 0 bridgehead atoms. The first-order chi connectivity index (χ1) is 6.90. The second-order valence-electron chi connectivity index (χ2n) is 3.50. The van der Waals surface area contributed by atoms with Crippen LogP contribution in [0.5, 0.6) is 0 Å². The maximum absolute atomic E-state index is 11.3. The molecule has 0 saturated carbocycles. The highest BCUT2D eigenvalue weighted by atomic mass is 16.4. The lowest BCUT2D eigenvalue weighted by Crippen LogP contribution is -2.39. The molecule has 0 fully saturated rings. The monoisotopic (exact) mass is 219 g/mol. The van der Waals surface area contributed by atoms with E-state index in [1.54, 1.807) is 0 Å². The first kappa shape index (κ1) is 13.9. The van der Waals surface area contributed by atoms with Crippen LogP contribution in [-0.4, -0.2) is 46.5 Å². The Morgan fingerprint density at radius 2 is 1.80 bits per heavy atom. The summed E-state index contributed by atoms with van der Waals surface area (Å²) in [6.45, 7) is 2.42. The van der Waals surface area contributed by atoms with E-state index >= 15 is 0 Å². The molecule has 4 N–H and O–H groups in total. The molecule has 6 nitrogen and oxygen atoms in total. The highest BCUT2D eigenvalue weighted by molar-refractivity contribution is 5.84. The summed E-state index contributed by atoms with van der Waals surface area (Å²) in [6, 6.07) is 0. The third-order valence-corrected chi connectivity index (χ3v) is 2.28. The van der Waals surface area contributed by atoms with Gasteiger partial charge in [0, 0.05) is 12.5 Å². The molecule has 0 aromatic heterocycles. The summed E-state index contributed by atoms with van der Waals surface area (Å²) in [6.07, 6.45) is -1.01. The standard InChI is InChI=1S/C9H17NO5/c1-5(6(2)9(14)15)8(13)10-3-7(12)4-11/h5-7,11-12H,3-4H2,1-2H3,(H,10,13)(H,14,15). The predicted octanol–water partition coefficient (Wildman–Crippen LogP) is -1.19. The summed E-state index contributed by atoms with van der Waals surface area (Å²) in [4.78, 5) is 21.9. The van der Waals surface area contributed by atoms with E-state index in [0.717, 1.165) is 0 Å². The van der Waals surface area contributed by atoms with Gasteiger partial charge in [-0.3, -0.25) is 9.59 Å². The van der Waals surface area contributed by atoms with Crippen LogP contribution in [0.25, 0.3) is 0 Å². The second-order valence-corrected chi connectivity index (χ2v) is 3.50. The van der Waals surface area contributed by atoms with Crippen LogP contribution in [0, 0.1) is 11.8 Å². The Labute approximate surface area is 87.9 Å². The fourth-order valence-electron chi connectivity index (χ4n) is 0.885. The van der Waals surface area contributed by atoms with Crippen LogP contribution in [0.4, 0.5) is 0 Å². The first-order valence-corrected chi connectivity index (χ1v) is 4.69. The molecule has 0 rings (SSSR count). The number of aliphatic carboxylic acids is 1. The smallest absolute Gasteiger partial charge is 0.307 e. The molecule has 0 spiro atoms. The molecule has 6 heteroatoms. The number of hydrogen-bond donors (Lipinski definition) is 4. The van der Waals surface area contributed by atoms with Gasteiger partial charge in [0.1, 0.15) is 0 Å². The fraction of sp³-hybridized carbons (Fsp3) is 0.778. The number of amides is 1. The minimum Gasteiger partial charge on any atom is -0.481 e. The Kier molecular flexibility index (Phi) is 5.88. The van der Waals surface area contributed by atoms with Crippen LogP contribution in [0.1, 0.15) is 13.8 Å². The van der Waals surface area contributed by atoms with Crippen molar-refractivity contribution >= 4 is 11.9 Å². The van der Waals surface area contributed by atoms with E-state index in [4.69, 9.17) is 15.3 Å². The van der Waals surface area contributed by atoms with Crippen LogP contribution in [-0.2, 0) is 9.59 Å². The van der Waals surface area contributed by atoms with Crippen molar-refractivity contribution in [3.8, 4) is 0 Å². The van der Waals surface area contributed by atoms with Gasteiger partial charge in [-0.05, 0) is 0 Å². The summed E-state index contributed by atoms with van der Waals surface area (Å²) in [5.74, 6) is -2.94. The number of nitrogens with one attached hydrogen (secondary N) is 1. The zero-order valence-corrected chi connectivity index (χ0v) is 8.80. The molecule has 0 heterocycles. The van der Waals surface area contributed by atoms with Crippen molar-refractivity contribution in [2.45, 2.75) is 20.0 Å². The molecule has 0 saturated heterocycles. The molecular weight excluding hydrogens is 202 g/mol. The summed E-state index contributed by atoms with van der Waals surface area (Å²) in [5, 5.41) is 28.5. The molecule has 0 aromatic carbocycles. The highest BCUT2D eigenvalue weighted by Crippen LogP contribution is 2.10. The van der Waals surface area contributed by atoms with Crippen molar-refractivity contribution in [3.63, 3.8) is 0 Å². The first-order valence-electron chi connectivity index (χ1n) is 4.69. The van der Waals surface area contributed by atoms with E-state index in [1.807, 2.05) is 0 Å². The minimum absolute atomic E-state index is 0.0774. The summed E-state index contributed by atoms with van der Waals surface area (Å²) in [5.41, 5.74) is 0. The molecule has 3 atom stereocenters. The van der Waals surface area contributed by atoms with Crippen LogP contribution >= 0.6 is 0 Å². The third kappa shape index (κ3) is 4.75. The zero-order chi connectivity index (χ0) is 12.0. The highest BCUT2D eigenvalue weighted by Gasteiger charge is 2.25. The number of carbonyl (C=O) groups is 2. The van der Waals surface area contributed by atoms with E-state index < -0.39 is 36.4 Å². The SMILES string of the molecule is CC(C(=O)O)C(C)C(=O)NCC(O)CO. The van der Waals surface area contributed by atoms with Gasteiger partial charge in [-0.25, -0.2) is 0 Å². The number of aliphatic hydroxyl groups is 2. The van der Waals surface area contributed by atoms with E-state index in [-0.39, 0.29) is 6.54 Å². The Morgan fingerprint density at radius 3 is 2.20 bits per heavy atom. The summed E-state index contributed by atoms with van der Waals surface area (Å²) in [7, 11) is 0. The Hall–Kier alpha value is -1.14. The van der Waals surface area contributed by atoms with Crippen molar-refractivity contribution in [1.82, 2.24) is 5.32 Å². The van der Waals surface area contributed by atoms with Crippen molar-refractivity contribution in [1.29, 1.82) is 0 Å². The molecule has 0 aliphatic carbocycles. The lowest BCUT2D eigenvalue weighted by atomic mass is 9.95. The molecule has 0 radical (unpaired) electrons. The average molecular weight is 219 g/mol. The van der Waals surface area contributed by atoms with Crippen LogP contribution in [0.3, 0.4) is 0 Å². The third-order valence-electron chi connectivity index (χ3n) is 2.28. The number of rotatable bonds is 6. The van der Waals surface area contributed by atoms with Gasteiger partial charge in [0.2, 0.25) is 5.91 Å². The largest absolute Gasteiger partial charge is 0.481 e. The van der Waals surface area contributed by atoms with E-state index in [9.17, 15) is 9.59 Å². The van der Waals surface area contributed by atoms with E-state index in [0.29, 0.717) is 0 Å². The Balaban J connectivity index is 4.05.